The third kappa shape index (κ3) is 3.63. The molecule has 0 saturated carbocycles. The first kappa shape index (κ1) is 18.2. The van der Waals surface area contributed by atoms with E-state index in [1.807, 2.05) is 35.2 Å². The first-order chi connectivity index (χ1) is 13.7. The molecule has 2 heterocycles. The van der Waals surface area contributed by atoms with Crippen LogP contribution < -0.4 is 14.4 Å². The summed E-state index contributed by atoms with van der Waals surface area (Å²) in [6.45, 7) is 3.06. The number of benzene rings is 2. The second-order valence-electron chi connectivity index (χ2n) is 6.87. The molecule has 0 radical (unpaired) electrons. The Kier molecular flexibility index (Phi) is 5.10. The lowest BCUT2D eigenvalue weighted by Crippen LogP contribution is -2.49. The van der Waals surface area contributed by atoms with Gasteiger partial charge < -0.3 is 23.7 Å². The number of hydrogen-bond acceptors (Lipinski definition) is 5. The highest BCUT2D eigenvalue weighted by molar-refractivity contribution is 5.88. The molecule has 1 saturated heterocycles. The lowest BCUT2D eigenvalue weighted by molar-refractivity contribution is -0.130. The van der Waals surface area contributed by atoms with Gasteiger partial charge in [-0.25, -0.2) is 0 Å². The molecule has 4 rings (SSSR count). The minimum Gasteiger partial charge on any atom is -0.497 e. The van der Waals surface area contributed by atoms with Crippen molar-refractivity contribution in [3.63, 3.8) is 0 Å². The Labute approximate surface area is 164 Å². The van der Waals surface area contributed by atoms with E-state index in [0.29, 0.717) is 19.5 Å². The predicted molar refractivity (Wildman–Crippen MR) is 108 cm³/mol. The molecule has 1 aliphatic rings. The summed E-state index contributed by atoms with van der Waals surface area (Å²) in [5.41, 5.74) is 2.82. The number of ether oxygens (including phenoxy) is 2. The molecule has 0 atom stereocenters. The quantitative estimate of drug-likeness (QED) is 0.680. The fourth-order valence-corrected chi connectivity index (χ4v) is 3.61. The zero-order valence-corrected chi connectivity index (χ0v) is 16.2. The van der Waals surface area contributed by atoms with Gasteiger partial charge in [0.2, 0.25) is 5.91 Å². The average Bonchev–Trinajstić information content (AvgIpc) is 3.15. The molecule has 0 bridgehead atoms. The van der Waals surface area contributed by atoms with Crippen LogP contribution in [0.3, 0.4) is 0 Å². The zero-order valence-electron chi connectivity index (χ0n) is 16.2. The lowest BCUT2D eigenvalue weighted by atomic mass is 10.1. The second-order valence-corrected chi connectivity index (χ2v) is 6.87. The number of methoxy groups -OCH3 is 2. The van der Waals surface area contributed by atoms with E-state index in [9.17, 15) is 4.79 Å². The van der Waals surface area contributed by atoms with Gasteiger partial charge >= 0.3 is 0 Å². The average molecular weight is 380 g/mol. The Morgan fingerprint density at radius 1 is 0.964 bits per heavy atom. The van der Waals surface area contributed by atoms with E-state index in [2.05, 4.69) is 17.0 Å². The van der Waals surface area contributed by atoms with Gasteiger partial charge in [-0.15, -0.1) is 0 Å². The molecule has 2 aromatic carbocycles. The molecule has 146 valence electrons. The van der Waals surface area contributed by atoms with Gasteiger partial charge in [-0.05, 0) is 42.5 Å². The predicted octanol–water partition coefficient (Wildman–Crippen LogP) is 3.34. The van der Waals surface area contributed by atoms with Crippen molar-refractivity contribution in [2.24, 2.45) is 0 Å². The van der Waals surface area contributed by atoms with E-state index in [1.165, 1.54) is 0 Å². The van der Waals surface area contributed by atoms with Crippen LogP contribution in [0.25, 0.3) is 11.0 Å². The summed E-state index contributed by atoms with van der Waals surface area (Å²) in [5, 5.41) is 0.935. The van der Waals surface area contributed by atoms with Crippen LogP contribution in [-0.2, 0) is 11.2 Å². The number of carbonyl (C=O) groups excluding carboxylic acids is 1. The van der Waals surface area contributed by atoms with E-state index >= 15 is 0 Å². The van der Waals surface area contributed by atoms with E-state index in [1.54, 1.807) is 20.5 Å². The largest absolute Gasteiger partial charge is 0.497 e. The van der Waals surface area contributed by atoms with Crippen LogP contribution in [-0.4, -0.2) is 51.2 Å². The Bertz CT molecular complexity index is 956. The first-order valence-corrected chi connectivity index (χ1v) is 9.39. The number of amides is 1. The molecule has 28 heavy (non-hydrogen) atoms. The van der Waals surface area contributed by atoms with Crippen LogP contribution in [0.5, 0.6) is 11.5 Å². The molecule has 3 aromatic rings. The number of anilines is 1. The summed E-state index contributed by atoms with van der Waals surface area (Å²) in [5.74, 6) is 1.73. The third-order valence-electron chi connectivity index (χ3n) is 5.27. The van der Waals surface area contributed by atoms with E-state index in [-0.39, 0.29) is 5.91 Å². The van der Waals surface area contributed by atoms with Crippen molar-refractivity contribution in [3.8, 4) is 11.5 Å². The van der Waals surface area contributed by atoms with E-state index in [0.717, 1.165) is 46.8 Å². The zero-order chi connectivity index (χ0) is 19.5. The van der Waals surface area contributed by atoms with E-state index in [4.69, 9.17) is 13.9 Å². The molecule has 0 unspecified atom stereocenters. The third-order valence-corrected chi connectivity index (χ3v) is 5.27. The van der Waals surface area contributed by atoms with Gasteiger partial charge in [-0.1, -0.05) is 0 Å². The number of carbonyl (C=O) groups is 1. The van der Waals surface area contributed by atoms with Crippen LogP contribution >= 0.6 is 0 Å². The van der Waals surface area contributed by atoms with Gasteiger partial charge in [0.05, 0.1) is 26.9 Å². The number of nitrogens with zero attached hydrogens (tertiary/aromatic N) is 2. The number of furan rings is 1. The van der Waals surface area contributed by atoms with Crippen molar-refractivity contribution in [2.45, 2.75) is 6.42 Å². The van der Waals surface area contributed by atoms with Crippen LogP contribution in [0.1, 0.15) is 5.56 Å². The SMILES string of the molecule is COc1ccc(N2CCN(C(=O)Cc3coc4ccc(OC)cc34)CC2)cc1. The van der Waals surface area contributed by atoms with Crippen LogP contribution in [0.4, 0.5) is 5.69 Å². The monoisotopic (exact) mass is 380 g/mol. The summed E-state index contributed by atoms with van der Waals surface area (Å²) >= 11 is 0. The Balaban J connectivity index is 1.39. The number of hydrogen-bond donors (Lipinski definition) is 0. The summed E-state index contributed by atoms with van der Waals surface area (Å²) in [6.07, 6.45) is 2.01. The Hall–Kier alpha value is -3.15. The highest BCUT2D eigenvalue weighted by Crippen LogP contribution is 2.27. The maximum absolute atomic E-state index is 12.8. The van der Waals surface area contributed by atoms with E-state index < -0.39 is 0 Å². The minimum absolute atomic E-state index is 0.125. The summed E-state index contributed by atoms with van der Waals surface area (Å²) in [4.78, 5) is 17.0. The fourth-order valence-electron chi connectivity index (χ4n) is 3.61. The van der Waals surface area contributed by atoms with Crippen molar-refractivity contribution in [1.82, 2.24) is 4.90 Å². The minimum atomic E-state index is 0.125. The molecule has 1 fully saturated rings. The summed E-state index contributed by atoms with van der Waals surface area (Å²) in [6, 6.07) is 13.7. The number of rotatable bonds is 5. The summed E-state index contributed by atoms with van der Waals surface area (Å²) in [7, 11) is 3.30. The number of piperazine rings is 1. The van der Waals surface area contributed by atoms with Gasteiger partial charge in [0.15, 0.2) is 0 Å². The first-order valence-electron chi connectivity index (χ1n) is 9.39. The maximum atomic E-state index is 12.8. The molecule has 0 aliphatic carbocycles. The number of fused-ring (bicyclic) bond motifs is 1. The standard InChI is InChI=1S/C22H24N2O4/c1-26-18-5-3-17(4-6-18)23-9-11-24(12-10-23)22(25)13-16-15-28-21-8-7-19(27-2)14-20(16)21/h3-8,14-15H,9-13H2,1-2H3. The Morgan fingerprint density at radius 3 is 2.32 bits per heavy atom. The summed E-state index contributed by atoms with van der Waals surface area (Å²) < 4.78 is 16.1. The second kappa shape index (κ2) is 7.84. The molecule has 6 nitrogen and oxygen atoms in total. The van der Waals surface area contributed by atoms with Crippen molar-refractivity contribution >= 4 is 22.6 Å². The highest BCUT2D eigenvalue weighted by atomic mass is 16.5. The van der Waals surface area contributed by atoms with Crippen molar-refractivity contribution in [2.75, 3.05) is 45.3 Å². The van der Waals surface area contributed by atoms with Crippen molar-refractivity contribution in [3.05, 3.63) is 54.3 Å². The van der Waals surface area contributed by atoms with Crippen LogP contribution in [0, 0.1) is 0 Å². The van der Waals surface area contributed by atoms with Crippen molar-refractivity contribution < 1.29 is 18.7 Å². The normalized spacial score (nSPS) is 14.4. The molecule has 1 aromatic heterocycles. The van der Waals surface area contributed by atoms with Crippen LogP contribution in [0.15, 0.2) is 53.1 Å². The van der Waals surface area contributed by atoms with Gasteiger partial charge in [0.1, 0.15) is 17.1 Å². The molecule has 0 N–H and O–H groups in total. The van der Waals surface area contributed by atoms with Crippen molar-refractivity contribution in [1.29, 1.82) is 0 Å². The van der Waals surface area contributed by atoms with Crippen LogP contribution in [0.2, 0.25) is 0 Å². The van der Waals surface area contributed by atoms with Gasteiger partial charge in [0.25, 0.3) is 0 Å². The fraction of sp³-hybridized carbons (Fsp3) is 0.318. The molecular formula is C22H24N2O4. The smallest absolute Gasteiger partial charge is 0.227 e. The molecule has 6 heteroatoms. The topological polar surface area (TPSA) is 55.2 Å². The molecule has 0 spiro atoms. The Morgan fingerprint density at radius 2 is 1.64 bits per heavy atom. The molecular weight excluding hydrogens is 356 g/mol. The van der Waals surface area contributed by atoms with Gasteiger partial charge in [-0.2, -0.15) is 0 Å². The molecule has 1 aliphatic heterocycles. The lowest BCUT2D eigenvalue weighted by Gasteiger charge is -2.36. The van der Waals surface area contributed by atoms with Gasteiger partial charge in [0, 0.05) is 42.8 Å². The highest BCUT2D eigenvalue weighted by Gasteiger charge is 2.22. The van der Waals surface area contributed by atoms with Gasteiger partial charge in [-0.3, -0.25) is 4.79 Å². The molecule has 1 amide bonds. The maximum Gasteiger partial charge on any atom is 0.227 e.